The van der Waals surface area contributed by atoms with Crippen LogP contribution in [-0.4, -0.2) is 49.1 Å². The molecule has 0 aliphatic rings. The van der Waals surface area contributed by atoms with Crippen LogP contribution in [-0.2, 0) is 6.54 Å². The molecule has 88 valence electrons. The minimum atomic E-state index is 0.285. The number of aromatic hydroxyl groups is 1. The summed E-state index contributed by atoms with van der Waals surface area (Å²) in [4.78, 5) is 8.45. The Morgan fingerprint density at radius 1 is 1.06 bits per heavy atom. The first kappa shape index (κ1) is 12.4. The molecule has 0 amide bonds. The van der Waals surface area contributed by atoms with Crippen molar-refractivity contribution in [3.8, 4) is 5.75 Å². The van der Waals surface area contributed by atoms with Crippen molar-refractivity contribution < 1.29 is 5.11 Å². The van der Waals surface area contributed by atoms with E-state index in [4.69, 9.17) is 5.11 Å². The molecule has 0 atom stereocenters. The van der Waals surface area contributed by atoms with Crippen molar-refractivity contribution in [3.05, 3.63) is 29.8 Å². The molecule has 0 aromatic heterocycles. The molecule has 1 rings (SSSR count). The second-order valence-corrected chi connectivity index (χ2v) is 4.07. The van der Waals surface area contributed by atoms with Crippen LogP contribution in [0.25, 0.3) is 0 Å². The van der Waals surface area contributed by atoms with Crippen LogP contribution < -0.4 is 0 Å². The van der Waals surface area contributed by atoms with Crippen LogP contribution in [0.2, 0.25) is 0 Å². The third-order valence-electron chi connectivity index (χ3n) is 2.14. The lowest BCUT2D eigenvalue weighted by Gasteiger charge is -2.22. The molecule has 0 saturated carbocycles. The lowest BCUT2D eigenvalue weighted by molar-refractivity contribution is 0.474. The first-order valence-corrected chi connectivity index (χ1v) is 5.17. The molecule has 16 heavy (non-hydrogen) atoms. The van der Waals surface area contributed by atoms with Crippen molar-refractivity contribution in [3.63, 3.8) is 0 Å². The molecule has 0 radical (unpaired) electrons. The van der Waals surface area contributed by atoms with Gasteiger partial charge in [0.2, 0.25) is 0 Å². The molecule has 0 saturated heterocycles. The number of phenolic OH excluding ortho intramolecular Hbond substituents is 1. The number of hydrogen-bond acceptors (Lipinski definition) is 2. The number of guanidine groups is 1. The zero-order valence-electron chi connectivity index (χ0n) is 10.3. The average molecular weight is 221 g/mol. The third kappa shape index (κ3) is 3.46. The van der Waals surface area contributed by atoms with E-state index < -0.39 is 0 Å². The van der Waals surface area contributed by atoms with Crippen molar-refractivity contribution in [1.82, 2.24) is 9.80 Å². The largest absolute Gasteiger partial charge is 0.508 e. The van der Waals surface area contributed by atoms with Gasteiger partial charge in [0, 0.05) is 28.2 Å². The normalized spacial score (nSPS) is 9.75. The second kappa shape index (κ2) is 5.39. The van der Waals surface area contributed by atoms with Gasteiger partial charge in [-0.2, -0.15) is 0 Å². The van der Waals surface area contributed by atoms with E-state index in [-0.39, 0.29) is 5.75 Å². The predicted molar refractivity (Wildman–Crippen MR) is 66.6 cm³/mol. The molecule has 1 aromatic rings. The minimum Gasteiger partial charge on any atom is -0.508 e. The van der Waals surface area contributed by atoms with E-state index in [1.165, 1.54) is 0 Å². The Balaban J connectivity index is 2.73. The Kier molecular flexibility index (Phi) is 4.17. The van der Waals surface area contributed by atoms with Crippen LogP contribution in [0.15, 0.2) is 29.3 Å². The maximum Gasteiger partial charge on any atom is 0.195 e. The van der Waals surface area contributed by atoms with Gasteiger partial charge < -0.3 is 14.9 Å². The van der Waals surface area contributed by atoms with E-state index in [2.05, 4.69) is 4.99 Å². The molecule has 4 heteroatoms. The van der Waals surface area contributed by atoms with Gasteiger partial charge in [-0.1, -0.05) is 12.1 Å². The summed E-state index contributed by atoms with van der Waals surface area (Å²) in [5.74, 6) is 1.21. The number of aliphatic imine (C=N–C) groups is 1. The fourth-order valence-corrected chi connectivity index (χ4v) is 1.45. The topological polar surface area (TPSA) is 39.1 Å². The maximum absolute atomic E-state index is 9.16. The number of phenols is 1. The van der Waals surface area contributed by atoms with E-state index in [1.807, 2.05) is 50.1 Å². The smallest absolute Gasteiger partial charge is 0.195 e. The van der Waals surface area contributed by atoms with Crippen LogP contribution in [0.1, 0.15) is 5.56 Å². The van der Waals surface area contributed by atoms with Gasteiger partial charge in [-0.25, -0.2) is 4.99 Å². The highest BCUT2D eigenvalue weighted by atomic mass is 16.3. The molecule has 0 aliphatic heterocycles. The Morgan fingerprint density at radius 3 is 2.00 bits per heavy atom. The van der Waals surface area contributed by atoms with Gasteiger partial charge in [0.25, 0.3) is 0 Å². The van der Waals surface area contributed by atoms with Crippen LogP contribution in [0.5, 0.6) is 5.75 Å². The SMILES string of the molecule is CN(C)C(=NCc1ccc(O)cc1)N(C)C. The zero-order valence-corrected chi connectivity index (χ0v) is 10.3. The number of rotatable bonds is 2. The fraction of sp³-hybridized carbons (Fsp3) is 0.417. The average Bonchev–Trinajstić information content (AvgIpc) is 2.20. The van der Waals surface area contributed by atoms with E-state index in [9.17, 15) is 0 Å². The fourth-order valence-electron chi connectivity index (χ4n) is 1.45. The number of hydrogen-bond donors (Lipinski definition) is 1. The summed E-state index contributed by atoms with van der Waals surface area (Å²) in [5.41, 5.74) is 1.08. The highest BCUT2D eigenvalue weighted by Gasteiger charge is 2.03. The molecule has 0 heterocycles. The summed E-state index contributed by atoms with van der Waals surface area (Å²) >= 11 is 0. The Hall–Kier alpha value is -1.71. The summed E-state index contributed by atoms with van der Waals surface area (Å²) < 4.78 is 0. The molecule has 1 N–H and O–H groups in total. The molecular formula is C12H19N3O. The lowest BCUT2D eigenvalue weighted by atomic mass is 10.2. The summed E-state index contributed by atoms with van der Waals surface area (Å²) in [6, 6.07) is 7.11. The minimum absolute atomic E-state index is 0.285. The van der Waals surface area contributed by atoms with Crippen LogP contribution in [0.4, 0.5) is 0 Å². The van der Waals surface area contributed by atoms with Crippen molar-refractivity contribution >= 4 is 5.96 Å². The Bertz CT molecular complexity index is 345. The van der Waals surface area contributed by atoms with Gasteiger partial charge >= 0.3 is 0 Å². The molecule has 0 fully saturated rings. The predicted octanol–water partition coefficient (Wildman–Crippen LogP) is 1.37. The molecule has 0 aliphatic carbocycles. The quantitative estimate of drug-likeness (QED) is 0.605. The second-order valence-electron chi connectivity index (χ2n) is 4.07. The third-order valence-corrected chi connectivity index (χ3v) is 2.14. The van der Waals surface area contributed by atoms with Crippen LogP contribution in [0.3, 0.4) is 0 Å². The van der Waals surface area contributed by atoms with E-state index in [0.717, 1.165) is 11.5 Å². The highest BCUT2D eigenvalue weighted by molar-refractivity contribution is 5.79. The summed E-state index contributed by atoms with van der Waals surface area (Å²) in [6.45, 7) is 0.617. The monoisotopic (exact) mass is 221 g/mol. The van der Waals surface area contributed by atoms with Crippen molar-refractivity contribution in [2.75, 3.05) is 28.2 Å². The van der Waals surface area contributed by atoms with E-state index in [0.29, 0.717) is 6.54 Å². The molecule has 4 nitrogen and oxygen atoms in total. The van der Waals surface area contributed by atoms with Crippen LogP contribution in [0, 0.1) is 0 Å². The summed E-state index contributed by atoms with van der Waals surface area (Å²) in [6.07, 6.45) is 0. The van der Waals surface area contributed by atoms with Crippen molar-refractivity contribution in [2.24, 2.45) is 4.99 Å². The van der Waals surface area contributed by atoms with Crippen molar-refractivity contribution in [2.45, 2.75) is 6.54 Å². The number of nitrogens with zero attached hydrogens (tertiary/aromatic N) is 3. The van der Waals surface area contributed by atoms with Gasteiger partial charge in [-0.3, -0.25) is 0 Å². The van der Waals surface area contributed by atoms with Gasteiger partial charge in [-0.15, -0.1) is 0 Å². The zero-order chi connectivity index (χ0) is 12.1. The molecular weight excluding hydrogens is 202 g/mol. The standard InChI is InChI=1S/C12H19N3O/c1-14(2)12(15(3)4)13-9-10-5-7-11(16)8-6-10/h5-8,16H,9H2,1-4H3. The van der Waals surface area contributed by atoms with Gasteiger partial charge in [0.1, 0.15) is 5.75 Å². The maximum atomic E-state index is 9.16. The Morgan fingerprint density at radius 2 is 1.56 bits per heavy atom. The van der Waals surface area contributed by atoms with Gasteiger partial charge in [-0.05, 0) is 17.7 Å². The number of benzene rings is 1. The molecule has 1 aromatic carbocycles. The van der Waals surface area contributed by atoms with Gasteiger partial charge in [0.05, 0.1) is 6.54 Å². The van der Waals surface area contributed by atoms with E-state index in [1.54, 1.807) is 12.1 Å². The summed E-state index contributed by atoms with van der Waals surface area (Å²) in [5, 5.41) is 9.16. The highest BCUT2D eigenvalue weighted by Crippen LogP contribution is 2.10. The molecule has 0 bridgehead atoms. The molecule has 0 spiro atoms. The Labute approximate surface area is 96.8 Å². The van der Waals surface area contributed by atoms with Crippen LogP contribution >= 0.6 is 0 Å². The molecule has 0 unspecified atom stereocenters. The first-order chi connectivity index (χ1) is 7.50. The van der Waals surface area contributed by atoms with Crippen molar-refractivity contribution in [1.29, 1.82) is 0 Å². The van der Waals surface area contributed by atoms with Gasteiger partial charge in [0.15, 0.2) is 5.96 Å². The summed E-state index contributed by atoms with van der Waals surface area (Å²) in [7, 11) is 7.87. The lowest BCUT2D eigenvalue weighted by Crippen LogP contribution is -2.35. The first-order valence-electron chi connectivity index (χ1n) is 5.17. The van der Waals surface area contributed by atoms with E-state index >= 15 is 0 Å².